The van der Waals surface area contributed by atoms with Gasteiger partial charge in [-0.15, -0.1) is 0 Å². The van der Waals surface area contributed by atoms with E-state index in [9.17, 15) is 4.79 Å². The number of ether oxygens (including phenoxy) is 1. The van der Waals surface area contributed by atoms with Gasteiger partial charge in [0.25, 0.3) is 0 Å². The zero-order valence-electron chi connectivity index (χ0n) is 11.3. The Morgan fingerprint density at radius 2 is 2.16 bits per heavy atom. The SMILES string of the molecule is COCCNC(=O)CCNc1cc(C)c(N)cc1Br. The van der Waals surface area contributed by atoms with E-state index >= 15 is 0 Å². The van der Waals surface area contributed by atoms with Crippen LogP contribution in [0.25, 0.3) is 0 Å². The van der Waals surface area contributed by atoms with Crippen LogP contribution in [-0.2, 0) is 9.53 Å². The molecule has 0 unspecified atom stereocenters. The summed E-state index contributed by atoms with van der Waals surface area (Å²) in [6, 6.07) is 3.82. The lowest BCUT2D eigenvalue weighted by Crippen LogP contribution is -2.28. The highest BCUT2D eigenvalue weighted by molar-refractivity contribution is 9.10. The Labute approximate surface area is 122 Å². The van der Waals surface area contributed by atoms with Gasteiger partial charge in [-0.1, -0.05) is 0 Å². The van der Waals surface area contributed by atoms with Crippen molar-refractivity contribution in [2.24, 2.45) is 0 Å². The lowest BCUT2D eigenvalue weighted by atomic mass is 10.2. The fourth-order valence-corrected chi connectivity index (χ4v) is 2.03. The van der Waals surface area contributed by atoms with E-state index in [2.05, 4.69) is 26.6 Å². The minimum Gasteiger partial charge on any atom is -0.398 e. The zero-order valence-corrected chi connectivity index (χ0v) is 12.8. The standard InChI is InChI=1S/C13H20BrN3O2/c1-9-7-12(10(14)8-11(9)15)16-4-3-13(18)17-5-6-19-2/h7-8,16H,3-6,15H2,1-2H3,(H,17,18). The molecule has 1 aromatic carbocycles. The summed E-state index contributed by atoms with van der Waals surface area (Å²) in [5.74, 6) is 0.00726. The summed E-state index contributed by atoms with van der Waals surface area (Å²) >= 11 is 3.44. The summed E-state index contributed by atoms with van der Waals surface area (Å²) in [6.45, 7) is 3.59. The molecule has 1 rings (SSSR count). The van der Waals surface area contributed by atoms with Crippen molar-refractivity contribution in [2.75, 3.05) is 37.9 Å². The minimum atomic E-state index is 0.00726. The molecule has 6 heteroatoms. The van der Waals surface area contributed by atoms with Crippen LogP contribution < -0.4 is 16.4 Å². The number of anilines is 2. The minimum absolute atomic E-state index is 0.00726. The second kappa shape index (κ2) is 8.01. The summed E-state index contributed by atoms with van der Waals surface area (Å²) in [7, 11) is 1.61. The molecule has 0 spiro atoms. The lowest BCUT2D eigenvalue weighted by molar-refractivity contribution is -0.121. The largest absolute Gasteiger partial charge is 0.398 e. The summed E-state index contributed by atoms with van der Waals surface area (Å²) in [5.41, 5.74) is 8.50. The maximum absolute atomic E-state index is 11.5. The molecular weight excluding hydrogens is 310 g/mol. The van der Waals surface area contributed by atoms with E-state index in [0.29, 0.717) is 26.1 Å². The molecule has 5 nitrogen and oxygen atoms in total. The molecule has 0 aliphatic heterocycles. The Morgan fingerprint density at radius 1 is 1.42 bits per heavy atom. The first kappa shape index (κ1) is 15.8. The van der Waals surface area contributed by atoms with Crippen molar-refractivity contribution in [3.05, 3.63) is 22.2 Å². The van der Waals surface area contributed by atoms with Crippen molar-refractivity contribution in [1.82, 2.24) is 5.32 Å². The van der Waals surface area contributed by atoms with E-state index in [4.69, 9.17) is 10.5 Å². The molecule has 0 atom stereocenters. The molecule has 0 aliphatic rings. The van der Waals surface area contributed by atoms with Gasteiger partial charge in [-0.2, -0.15) is 0 Å². The number of nitrogens with one attached hydrogen (secondary N) is 2. The molecule has 19 heavy (non-hydrogen) atoms. The van der Waals surface area contributed by atoms with Crippen LogP contribution >= 0.6 is 15.9 Å². The third-order valence-corrected chi connectivity index (χ3v) is 3.31. The van der Waals surface area contributed by atoms with E-state index < -0.39 is 0 Å². The average Bonchev–Trinajstić information content (AvgIpc) is 2.36. The molecule has 0 aromatic heterocycles. The Morgan fingerprint density at radius 3 is 2.84 bits per heavy atom. The van der Waals surface area contributed by atoms with Gasteiger partial charge in [0.2, 0.25) is 5.91 Å². The number of hydrogen-bond donors (Lipinski definition) is 3. The summed E-state index contributed by atoms with van der Waals surface area (Å²) in [5, 5.41) is 5.98. The number of carbonyl (C=O) groups excluding carboxylic acids is 1. The van der Waals surface area contributed by atoms with Crippen molar-refractivity contribution >= 4 is 33.2 Å². The second-order valence-electron chi connectivity index (χ2n) is 4.21. The maximum Gasteiger partial charge on any atom is 0.221 e. The average molecular weight is 330 g/mol. The molecule has 1 aromatic rings. The Hall–Kier alpha value is -1.27. The van der Waals surface area contributed by atoms with Crippen LogP contribution in [0, 0.1) is 6.92 Å². The highest BCUT2D eigenvalue weighted by atomic mass is 79.9. The molecule has 0 fully saturated rings. The first-order chi connectivity index (χ1) is 9.04. The Kier molecular flexibility index (Phi) is 6.66. The first-order valence-corrected chi connectivity index (χ1v) is 6.89. The fraction of sp³-hybridized carbons (Fsp3) is 0.462. The number of aryl methyl sites for hydroxylation is 1. The molecule has 4 N–H and O–H groups in total. The number of hydrogen-bond acceptors (Lipinski definition) is 4. The van der Waals surface area contributed by atoms with Gasteiger partial charge in [0.15, 0.2) is 0 Å². The van der Waals surface area contributed by atoms with Gasteiger partial charge < -0.3 is 21.1 Å². The number of nitrogen functional groups attached to an aromatic ring is 1. The monoisotopic (exact) mass is 329 g/mol. The molecular formula is C13H20BrN3O2. The molecule has 0 aliphatic carbocycles. The van der Waals surface area contributed by atoms with Crippen molar-refractivity contribution in [3.63, 3.8) is 0 Å². The van der Waals surface area contributed by atoms with E-state index in [1.54, 1.807) is 7.11 Å². The molecule has 0 radical (unpaired) electrons. The number of halogens is 1. The van der Waals surface area contributed by atoms with Crippen molar-refractivity contribution in [2.45, 2.75) is 13.3 Å². The van der Waals surface area contributed by atoms with Gasteiger partial charge in [-0.05, 0) is 40.5 Å². The number of methoxy groups -OCH3 is 1. The van der Waals surface area contributed by atoms with Crippen molar-refractivity contribution < 1.29 is 9.53 Å². The van der Waals surface area contributed by atoms with Crippen LogP contribution in [-0.4, -0.2) is 32.7 Å². The highest BCUT2D eigenvalue weighted by Gasteiger charge is 2.04. The number of amides is 1. The summed E-state index contributed by atoms with van der Waals surface area (Å²) in [6.07, 6.45) is 0.416. The third-order valence-electron chi connectivity index (χ3n) is 2.65. The summed E-state index contributed by atoms with van der Waals surface area (Å²) < 4.78 is 5.76. The molecule has 0 bridgehead atoms. The molecule has 1 amide bonds. The van der Waals surface area contributed by atoms with Gasteiger partial charge in [0.1, 0.15) is 0 Å². The van der Waals surface area contributed by atoms with Crippen LogP contribution in [0.15, 0.2) is 16.6 Å². The maximum atomic E-state index is 11.5. The van der Waals surface area contributed by atoms with Crippen LogP contribution in [0.3, 0.4) is 0 Å². The quantitative estimate of drug-likeness (QED) is 0.527. The van der Waals surface area contributed by atoms with E-state index in [1.165, 1.54) is 0 Å². The van der Waals surface area contributed by atoms with Gasteiger partial charge in [-0.3, -0.25) is 4.79 Å². The van der Waals surface area contributed by atoms with Crippen molar-refractivity contribution in [1.29, 1.82) is 0 Å². The van der Waals surface area contributed by atoms with Gasteiger partial charge >= 0.3 is 0 Å². The molecule has 106 valence electrons. The van der Waals surface area contributed by atoms with Gasteiger partial charge in [0.05, 0.1) is 6.61 Å². The number of nitrogens with two attached hydrogens (primary N) is 1. The zero-order chi connectivity index (χ0) is 14.3. The Bertz CT molecular complexity index is 438. The van der Waals surface area contributed by atoms with Crippen molar-refractivity contribution in [3.8, 4) is 0 Å². The predicted molar refractivity (Wildman–Crippen MR) is 81.3 cm³/mol. The van der Waals surface area contributed by atoms with E-state index in [-0.39, 0.29) is 5.91 Å². The Balaban J connectivity index is 2.37. The van der Waals surface area contributed by atoms with Gasteiger partial charge in [0, 0.05) is 42.5 Å². The smallest absolute Gasteiger partial charge is 0.221 e. The fourth-order valence-electron chi connectivity index (χ4n) is 1.52. The van der Waals surface area contributed by atoms with E-state index in [1.807, 2.05) is 19.1 Å². The molecule has 0 saturated carbocycles. The topological polar surface area (TPSA) is 76.4 Å². The van der Waals surface area contributed by atoms with Crippen LogP contribution in [0.5, 0.6) is 0 Å². The van der Waals surface area contributed by atoms with Crippen LogP contribution in [0.2, 0.25) is 0 Å². The van der Waals surface area contributed by atoms with Gasteiger partial charge in [-0.25, -0.2) is 0 Å². The molecule has 0 saturated heterocycles. The first-order valence-electron chi connectivity index (χ1n) is 6.09. The predicted octanol–water partition coefficient (Wildman–Crippen LogP) is 1.90. The number of benzene rings is 1. The van der Waals surface area contributed by atoms with E-state index in [0.717, 1.165) is 21.4 Å². The summed E-state index contributed by atoms with van der Waals surface area (Å²) in [4.78, 5) is 11.5. The highest BCUT2D eigenvalue weighted by Crippen LogP contribution is 2.27. The van der Waals surface area contributed by atoms with Crippen LogP contribution in [0.1, 0.15) is 12.0 Å². The molecule has 0 heterocycles. The third kappa shape index (κ3) is 5.48. The second-order valence-corrected chi connectivity index (χ2v) is 5.06. The number of rotatable bonds is 7. The normalized spacial score (nSPS) is 10.3. The lowest BCUT2D eigenvalue weighted by Gasteiger charge is -2.11. The number of carbonyl (C=O) groups is 1. The van der Waals surface area contributed by atoms with Crippen LogP contribution in [0.4, 0.5) is 11.4 Å².